The molecule has 1 unspecified atom stereocenters. The average Bonchev–Trinajstić information content (AvgIpc) is 2.83. The molecule has 0 saturated heterocycles. The van der Waals surface area contributed by atoms with Crippen LogP contribution in [0.4, 0.5) is 4.79 Å². The number of carbonyl (C=O) groups is 1. The Labute approximate surface area is 146 Å². The van der Waals surface area contributed by atoms with E-state index in [9.17, 15) is 4.79 Å². The standard InChI is InChI=1S/C16H20ClN3O2S/c1-11(2)14-15(23-13-7-5-6-12(17)8-13)20(4,9-19-14)10-22-16(21)18-3/h5-9,11H,10H2,1-4H3/p+1. The maximum atomic E-state index is 11.4. The number of halogens is 1. The van der Waals surface area contributed by atoms with Crippen LogP contribution in [0.3, 0.4) is 0 Å². The van der Waals surface area contributed by atoms with Crippen LogP contribution in [-0.2, 0) is 4.74 Å². The highest BCUT2D eigenvalue weighted by atomic mass is 35.5. The maximum absolute atomic E-state index is 11.4. The van der Waals surface area contributed by atoms with Gasteiger partial charge in [-0.3, -0.25) is 0 Å². The van der Waals surface area contributed by atoms with Crippen molar-refractivity contribution < 1.29 is 14.0 Å². The summed E-state index contributed by atoms with van der Waals surface area (Å²) in [7, 11) is 3.51. The molecular formula is C16H21ClN3O2S+. The second kappa shape index (κ2) is 7.38. The Morgan fingerprint density at radius 1 is 1.48 bits per heavy atom. The molecule has 124 valence electrons. The minimum atomic E-state index is -0.456. The van der Waals surface area contributed by atoms with Crippen molar-refractivity contribution >= 4 is 35.8 Å². The van der Waals surface area contributed by atoms with Crippen LogP contribution in [0.25, 0.3) is 0 Å². The minimum absolute atomic E-state index is 0.183. The summed E-state index contributed by atoms with van der Waals surface area (Å²) in [5, 5.41) is 4.18. The number of hydrogen-bond donors (Lipinski definition) is 1. The van der Waals surface area contributed by atoms with Gasteiger partial charge >= 0.3 is 6.09 Å². The molecule has 1 aliphatic heterocycles. The Hall–Kier alpha value is -1.50. The van der Waals surface area contributed by atoms with Crippen LogP contribution in [0.2, 0.25) is 5.02 Å². The molecule has 5 nitrogen and oxygen atoms in total. The smallest absolute Gasteiger partial charge is 0.398 e. The van der Waals surface area contributed by atoms with Gasteiger partial charge in [-0.25, -0.2) is 14.3 Å². The fourth-order valence-corrected chi connectivity index (χ4v) is 3.62. The third kappa shape index (κ3) is 4.28. The van der Waals surface area contributed by atoms with Crippen LogP contribution < -0.4 is 5.32 Å². The van der Waals surface area contributed by atoms with Gasteiger partial charge in [-0.1, -0.05) is 31.5 Å². The third-order valence-electron chi connectivity index (χ3n) is 3.36. The summed E-state index contributed by atoms with van der Waals surface area (Å²) < 4.78 is 5.57. The zero-order valence-electron chi connectivity index (χ0n) is 13.7. The average molecular weight is 355 g/mol. The van der Waals surface area contributed by atoms with E-state index in [0.717, 1.165) is 15.6 Å². The van der Waals surface area contributed by atoms with E-state index in [0.29, 0.717) is 9.51 Å². The van der Waals surface area contributed by atoms with Crippen molar-refractivity contribution in [3.8, 4) is 0 Å². The van der Waals surface area contributed by atoms with Crippen molar-refractivity contribution in [3.05, 3.63) is 40.0 Å². The quantitative estimate of drug-likeness (QED) is 0.811. The first-order valence-corrected chi connectivity index (χ1v) is 8.48. The monoisotopic (exact) mass is 354 g/mol. The lowest BCUT2D eigenvalue weighted by Gasteiger charge is -2.27. The van der Waals surface area contributed by atoms with Crippen molar-refractivity contribution in [2.45, 2.75) is 18.7 Å². The second-order valence-corrected chi connectivity index (χ2v) is 7.23. The topological polar surface area (TPSA) is 50.7 Å². The molecule has 2 rings (SSSR count). The van der Waals surface area contributed by atoms with Gasteiger partial charge in [0.1, 0.15) is 5.70 Å². The first-order valence-electron chi connectivity index (χ1n) is 7.29. The molecule has 1 aliphatic rings. The number of quaternary nitrogens is 1. The third-order valence-corrected chi connectivity index (χ3v) is 4.90. The zero-order chi connectivity index (χ0) is 17.0. The number of benzene rings is 1. The molecule has 0 radical (unpaired) electrons. The van der Waals surface area contributed by atoms with Gasteiger partial charge in [0.05, 0.1) is 7.05 Å². The van der Waals surface area contributed by atoms with Crippen LogP contribution in [0.5, 0.6) is 0 Å². The second-order valence-electron chi connectivity index (χ2n) is 5.73. The van der Waals surface area contributed by atoms with E-state index < -0.39 is 6.09 Å². The van der Waals surface area contributed by atoms with Gasteiger partial charge in [0.2, 0.25) is 11.8 Å². The molecular weight excluding hydrogens is 334 g/mol. The van der Waals surface area contributed by atoms with Gasteiger partial charge in [-0.15, -0.1) is 0 Å². The van der Waals surface area contributed by atoms with Crippen LogP contribution >= 0.6 is 23.4 Å². The molecule has 0 fully saturated rings. The van der Waals surface area contributed by atoms with Crippen molar-refractivity contribution in [2.24, 2.45) is 10.9 Å². The first kappa shape index (κ1) is 17.8. The number of amides is 1. The van der Waals surface area contributed by atoms with Gasteiger partial charge in [0.25, 0.3) is 0 Å². The van der Waals surface area contributed by atoms with Gasteiger partial charge in [0, 0.05) is 22.9 Å². The van der Waals surface area contributed by atoms with Crippen LogP contribution in [0.15, 0.2) is 44.9 Å². The summed E-state index contributed by atoms with van der Waals surface area (Å²) in [6.07, 6.45) is 1.35. The number of allylic oxidation sites excluding steroid dienone is 1. The van der Waals surface area contributed by atoms with Gasteiger partial charge < -0.3 is 10.1 Å². The normalized spacial score (nSPS) is 20.3. The highest BCUT2D eigenvalue weighted by Gasteiger charge is 2.37. The summed E-state index contributed by atoms with van der Waals surface area (Å²) in [4.78, 5) is 17.0. The van der Waals surface area contributed by atoms with E-state index in [1.807, 2.05) is 37.7 Å². The van der Waals surface area contributed by atoms with Crippen LogP contribution in [0, 0.1) is 5.92 Å². The molecule has 0 saturated carbocycles. The minimum Gasteiger partial charge on any atom is -0.398 e. The highest BCUT2D eigenvalue weighted by Crippen LogP contribution is 2.41. The Balaban J connectivity index is 2.28. The molecule has 1 atom stereocenters. The van der Waals surface area contributed by atoms with Crippen molar-refractivity contribution in [2.75, 3.05) is 20.8 Å². The molecule has 1 aromatic carbocycles. The van der Waals surface area contributed by atoms with Gasteiger partial charge in [-0.2, -0.15) is 0 Å². The van der Waals surface area contributed by atoms with E-state index in [-0.39, 0.29) is 12.6 Å². The summed E-state index contributed by atoms with van der Waals surface area (Å²) in [6.45, 7) is 4.38. The predicted octanol–water partition coefficient (Wildman–Crippen LogP) is 4.06. The fourth-order valence-electron chi connectivity index (χ4n) is 2.11. The summed E-state index contributed by atoms with van der Waals surface area (Å²) in [5.74, 6) is 0.271. The lowest BCUT2D eigenvalue weighted by atomic mass is 10.1. The Bertz CT molecular complexity index is 660. The lowest BCUT2D eigenvalue weighted by molar-refractivity contribution is -0.784. The van der Waals surface area contributed by atoms with E-state index in [1.165, 1.54) is 7.05 Å². The van der Waals surface area contributed by atoms with E-state index >= 15 is 0 Å². The number of alkyl carbamates (subject to hydrolysis) is 1. The number of hydrogen-bond acceptors (Lipinski definition) is 4. The number of nitrogens with one attached hydrogen (secondary N) is 1. The Kier molecular flexibility index (Phi) is 5.73. The van der Waals surface area contributed by atoms with Crippen molar-refractivity contribution in [1.29, 1.82) is 0 Å². The van der Waals surface area contributed by atoms with Crippen LogP contribution in [-0.4, -0.2) is 37.7 Å². The predicted molar refractivity (Wildman–Crippen MR) is 94.3 cm³/mol. The van der Waals surface area contributed by atoms with Crippen molar-refractivity contribution in [1.82, 2.24) is 5.32 Å². The van der Waals surface area contributed by atoms with Gasteiger partial charge in [0.15, 0.2) is 6.34 Å². The molecule has 0 bridgehead atoms. The van der Waals surface area contributed by atoms with E-state index in [2.05, 4.69) is 24.2 Å². The molecule has 0 aromatic heterocycles. The molecule has 1 aromatic rings. The highest BCUT2D eigenvalue weighted by molar-refractivity contribution is 8.02. The largest absolute Gasteiger partial charge is 0.411 e. The maximum Gasteiger partial charge on any atom is 0.411 e. The number of carbonyl (C=O) groups excluding carboxylic acids is 1. The number of ether oxygens (including phenoxy) is 1. The Morgan fingerprint density at radius 2 is 2.22 bits per heavy atom. The molecule has 23 heavy (non-hydrogen) atoms. The van der Waals surface area contributed by atoms with E-state index in [1.54, 1.807) is 11.8 Å². The van der Waals surface area contributed by atoms with Crippen molar-refractivity contribution in [3.63, 3.8) is 0 Å². The zero-order valence-corrected chi connectivity index (χ0v) is 15.2. The molecule has 1 amide bonds. The molecule has 7 heteroatoms. The molecule has 1 heterocycles. The number of nitrogens with zero attached hydrogens (tertiary/aromatic N) is 2. The Morgan fingerprint density at radius 3 is 2.83 bits per heavy atom. The number of aliphatic imine (C=N–C) groups is 1. The number of thioether (sulfide) groups is 1. The SMILES string of the molecule is CNC(=O)OC[N+]1(C)C=NC(C(C)C)=C1Sc1cccc(Cl)c1. The summed E-state index contributed by atoms with van der Waals surface area (Å²) in [5.41, 5.74) is 0.998. The lowest BCUT2D eigenvalue weighted by Crippen LogP contribution is -2.42. The van der Waals surface area contributed by atoms with Gasteiger partial charge in [-0.05, 0) is 30.0 Å². The van der Waals surface area contributed by atoms with E-state index in [4.69, 9.17) is 16.3 Å². The molecule has 0 spiro atoms. The molecule has 1 N–H and O–H groups in total. The molecule has 0 aliphatic carbocycles. The first-order chi connectivity index (χ1) is 10.9. The number of rotatable bonds is 5. The summed E-state index contributed by atoms with van der Waals surface area (Å²) >= 11 is 7.68. The summed E-state index contributed by atoms with van der Waals surface area (Å²) in [6, 6.07) is 7.68. The van der Waals surface area contributed by atoms with Crippen LogP contribution in [0.1, 0.15) is 13.8 Å². The fraction of sp³-hybridized carbons (Fsp3) is 0.375.